The largest absolute Gasteiger partial charge is 0.491 e. The second-order valence-corrected chi connectivity index (χ2v) is 6.43. The number of hydrogen-bond donors (Lipinski definition) is 0. The topological polar surface area (TPSA) is 35.5 Å². The number of carbonyl (C=O) groups excluding carboxylic acids is 1. The van der Waals surface area contributed by atoms with Gasteiger partial charge in [-0.2, -0.15) is 0 Å². The van der Waals surface area contributed by atoms with Crippen LogP contribution in [0, 0.1) is 0 Å². The molecule has 3 nitrogen and oxygen atoms in total. The van der Waals surface area contributed by atoms with E-state index < -0.39 is 5.97 Å². The summed E-state index contributed by atoms with van der Waals surface area (Å²) in [7, 11) is 0. The molecule has 5 heteroatoms. The van der Waals surface area contributed by atoms with Crippen molar-refractivity contribution in [1.29, 1.82) is 0 Å². The van der Waals surface area contributed by atoms with Crippen molar-refractivity contribution in [1.82, 2.24) is 0 Å². The van der Waals surface area contributed by atoms with E-state index in [9.17, 15) is 4.79 Å². The van der Waals surface area contributed by atoms with Crippen LogP contribution >= 0.6 is 31.9 Å². The van der Waals surface area contributed by atoms with Crippen molar-refractivity contribution in [3.8, 4) is 11.5 Å². The van der Waals surface area contributed by atoms with E-state index in [1.54, 1.807) is 30.3 Å². The molecule has 0 aromatic heterocycles. The van der Waals surface area contributed by atoms with Gasteiger partial charge in [0, 0.05) is 4.47 Å². The highest BCUT2D eigenvalue weighted by Gasteiger charge is 2.11. The zero-order chi connectivity index (χ0) is 15.4. The van der Waals surface area contributed by atoms with E-state index in [4.69, 9.17) is 9.47 Å². The summed E-state index contributed by atoms with van der Waals surface area (Å²) >= 11 is 6.71. The molecule has 0 saturated carbocycles. The quantitative estimate of drug-likeness (QED) is 0.509. The van der Waals surface area contributed by atoms with Crippen molar-refractivity contribution in [2.75, 3.05) is 0 Å². The second kappa shape index (κ2) is 7.09. The average Bonchev–Trinajstić information content (AvgIpc) is 2.42. The zero-order valence-electron chi connectivity index (χ0n) is 11.6. The van der Waals surface area contributed by atoms with Gasteiger partial charge in [-0.15, -0.1) is 0 Å². The molecule has 0 unspecified atom stereocenters. The molecule has 0 saturated heterocycles. The van der Waals surface area contributed by atoms with E-state index in [-0.39, 0.29) is 6.10 Å². The van der Waals surface area contributed by atoms with E-state index in [1.165, 1.54) is 0 Å². The van der Waals surface area contributed by atoms with E-state index in [2.05, 4.69) is 31.9 Å². The van der Waals surface area contributed by atoms with Crippen LogP contribution in [0.3, 0.4) is 0 Å². The van der Waals surface area contributed by atoms with Crippen LogP contribution in [-0.2, 0) is 0 Å². The number of halogens is 2. The molecule has 2 aromatic carbocycles. The summed E-state index contributed by atoms with van der Waals surface area (Å²) in [6.45, 7) is 3.90. The molecule has 0 aliphatic heterocycles. The first-order valence-electron chi connectivity index (χ1n) is 6.39. The van der Waals surface area contributed by atoms with Crippen LogP contribution in [0.1, 0.15) is 24.2 Å². The minimum Gasteiger partial charge on any atom is -0.491 e. The summed E-state index contributed by atoms with van der Waals surface area (Å²) in [6, 6.07) is 12.2. The maximum absolute atomic E-state index is 12.1. The lowest BCUT2D eigenvalue weighted by atomic mass is 10.2. The van der Waals surface area contributed by atoms with Crippen molar-refractivity contribution in [2.24, 2.45) is 0 Å². The highest BCUT2D eigenvalue weighted by atomic mass is 79.9. The first kappa shape index (κ1) is 16.0. The first-order valence-corrected chi connectivity index (χ1v) is 7.98. The molecule has 0 heterocycles. The molecule has 0 radical (unpaired) electrons. The molecule has 2 aromatic rings. The molecule has 0 N–H and O–H groups in total. The lowest BCUT2D eigenvalue weighted by Gasteiger charge is -2.10. The Labute approximate surface area is 140 Å². The number of ether oxygens (including phenoxy) is 2. The van der Waals surface area contributed by atoms with E-state index in [0.717, 1.165) is 10.2 Å². The Bertz CT molecular complexity index is 636. The van der Waals surface area contributed by atoms with Crippen molar-refractivity contribution in [3.05, 3.63) is 57.0 Å². The second-order valence-electron chi connectivity index (χ2n) is 4.66. The molecule has 0 fully saturated rings. The van der Waals surface area contributed by atoms with Crippen LogP contribution in [0.15, 0.2) is 51.4 Å². The molecule has 0 bridgehead atoms. The fraction of sp³-hybridized carbons (Fsp3) is 0.188. The average molecular weight is 414 g/mol. The highest BCUT2D eigenvalue weighted by molar-refractivity contribution is 9.11. The normalized spacial score (nSPS) is 10.5. The minimum absolute atomic E-state index is 0.0986. The summed E-state index contributed by atoms with van der Waals surface area (Å²) in [5.41, 5.74) is 0.473. The van der Waals surface area contributed by atoms with Crippen molar-refractivity contribution in [3.63, 3.8) is 0 Å². The Balaban J connectivity index is 2.09. The molecular formula is C16H14Br2O3. The summed E-state index contributed by atoms with van der Waals surface area (Å²) in [5.74, 6) is 0.797. The van der Waals surface area contributed by atoms with Gasteiger partial charge in [-0.05, 0) is 72.2 Å². The number of benzene rings is 2. The van der Waals surface area contributed by atoms with Crippen LogP contribution in [-0.4, -0.2) is 12.1 Å². The van der Waals surface area contributed by atoms with Crippen molar-refractivity contribution >= 4 is 37.8 Å². The van der Waals surface area contributed by atoms with Gasteiger partial charge in [0.05, 0.1) is 16.1 Å². The Kier molecular flexibility index (Phi) is 5.42. The van der Waals surface area contributed by atoms with Crippen LogP contribution in [0.2, 0.25) is 0 Å². The lowest BCUT2D eigenvalue weighted by Crippen LogP contribution is -2.09. The number of esters is 1. The molecule has 0 amide bonds. The SMILES string of the molecule is CC(C)Oc1ccc(C(=O)Oc2ccc(Br)cc2Br)cc1. The molecule has 2 rings (SSSR count). The van der Waals surface area contributed by atoms with Gasteiger partial charge in [0.25, 0.3) is 0 Å². The van der Waals surface area contributed by atoms with Gasteiger partial charge < -0.3 is 9.47 Å². The van der Waals surface area contributed by atoms with Gasteiger partial charge >= 0.3 is 5.97 Å². The Hall–Kier alpha value is -1.33. The van der Waals surface area contributed by atoms with E-state index in [0.29, 0.717) is 15.8 Å². The fourth-order valence-corrected chi connectivity index (χ4v) is 2.79. The lowest BCUT2D eigenvalue weighted by molar-refractivity contribution is 0.0733. The Morgan fingerprint density at radius 2 is 1.71 bits per heavy atom. The molecule has 110 valence electrons. The van der Waals surface area contributed by atoms with Gasteiger partial charge in [0.2, 0.25) is 0 Å². The van der Waals surface area contributed by atoms with Gasteiger partial charge in [-0.3, -0.25) is 0 Å². The summed E-state index contributed by atoms with van der Waals surface area (Å²) in [4.78, 5) is 12.1. The van der Waals surface area contributed by atoms with Gasteiger partial charge in [0.1, 0.15) is 11.5 Å². The van der Waals surface area contributed by atoms with Gasteiger partial charge in [-0.25, -0.2) is 4.79 Å². The molecule has 0 aliphatic rings. The standard InChI is InChI=1S/C16H14Br2O3/c1-10(2)20-13-6-3-11(4-7-13)16(19)21-15-8-5-12(17)9-14(15)18/h3-10H,1-2H3. The first-order chi connectivity index (χ1) is 9.95. The van der Waals surface area contributed by atoms with Gasteiger partial charge in [-0.1, -0.05) is 15.9 Å². The monoisotopic (exact) mass is 412 g/mol. The minimum atomic E-state index is -0.408. The predicted molar refractivity (Wildman–Crippen MR) is 89.0 cm³/mol. The number of hydrogen-bond acceptors (Lipinski definition) is 3. The third-order valence-electron chi connectivity index (χ3n) is 2.56. The summed E-state index contributed by atoms with van der Waals surface area (Å²) in [5, 5.41) is 0. The molecule has 0 spiro atoms. The number of carbonyl (C=O) groups is 1. The zero-order valence-corrected chi connectivity index (χ0v) is 14.8. The Morgan fingerprint density at radius 1 is 1.05 bits per heavy atom. The molecule has 0 aliphatic carbocycles. The molecular weight excluding hydrogens is 400 g/mol. The van der Waals surface area contributed by atoms with E-state index in [1.807, 2.05) is 26.0 Å². The van der Waals surface area contributed by atoms with Crippen LogP contribution in [0.5, 0.6) is 11.5 Å². The van der Waals surface area contributed by atoms with Crippen LogP contribution in [0.25, 0.3) is 0 Å². The molecule has 21 heavy (non-hydrogen) atoms. The van der Waals surface area contributed by atoms with E-state index >= 15 is 0 Å². The van der Waals surface area contributed by atoms with Gasteiger partial charge in [0.15, 0.2) is 0 Å². The predicted octanol–water partition coefficient (Wildman–Crippen LogP) is 5.22. The summed E-state index contributed by atoms with van der Waals surface area (Å²) in [6.07, 6.45) is 0.0986. The smallest absolute Gasteiger partial charge is 0.343 e. The fourth-order valence-electron chi connectivity index (χ4n) is 1.66. The molecule has 0 atom stereocenters. The third kappa shape index (κ3) is 4.58. The summed E-state index contributed by atoms with van der Waals surface area (Å²) < 4.78 is 12.5. The van der Waals surface area contributed by atoms with Crippen LogP contribution in [0.4, 0.5) is 0 Å². The van der Waals surface area contributed by atoms with Crippen molar-refractivity contribution < 1.29 is 14.3 Å². The maximum Gasteiger partial charge on any atom is 0.343 e. The number of rotatable bonds is 4. The van der Waals surface area contributed by atoms with Crippen molar-refractivity contribution in [2.45, 2.75) is 20.0 Å². The third-order valence-corrected chi connectivity index (χ3v) is 3.67. The highest BCUT2D eigenvalue weighted by Crippen LogP contribution is 2.29. The maximum atomic E-state index is 12.1. The van der Waals surface area contributed by atoms with Crippen LogP contribution < -0.4 is 9.47 Å². The Morgan fingerprint density at radius 3 is 2.29 bits per heavy atom.